The van der Waals surface area contributed by atoms with Gasteiger partial charge in [0.25, 0.3) is 0 Å². The van der Waals surface area contributed by atoms with Gasteiger partial charge < -0.3 is 10.6 Å². The van der Waals surface area contributed by atoms with E-state index < -0.39 is 0 Å². The molecule has 0 aliphatic rings. The van der Waals surface area contributed by atoms with Gasteiger partial charge in [-0.2, -0.15) is 0 Å². The Labute approximate surface area is 154 Å². The van der Waals surface area contributed by atoms with Crippen LogP contribution in [0.4, 0.5) is 5.69 Å². The summed E-state index contributed by atoms with van der Waals surface area (Å²) in [5.74, 6) is 0. The third kappa shape index (κ3) is 3.68. The molecule has 3 aromatic carbocycles. The second-order valence-electron chi connectivity index (χ2n) is 6.46. The number of nitrogens with one attached hydrogen (secondary N) is 2. The molecule has 0 fully saturated rings. The number of aromatic nitrogens is 1. The van der Waals surface area contributed by atoms with Crippen LogP contribution in [0.3, 0.4) is 0 Å². The molecule has 0 unspecified atom stereocenters. The number of para-hydroxylation sites is 2. The third-order valence-electron chi connectivity index (χ3n) is 4.59. The zero-order valence-corrected chi connectivity index (χ0v) is 14.8. The molecule has 4 rings (SSSR count). The van der Waals surface area contributed by atoms with Crippen molar-refractivity contribution in [3.8, 4) is 0 Å². The van der Waals surface area contributed by atoms with Crippen molar-refractivity contribution in [2.45, 2.75) is 13.0 Å². The van der Waals surface area contributed by atoms with Crippen molar-refractivity contribution in [1.29, 1.82) is 0 Å². The lowest BCUT2D eigenvalue weighted by Crippen LogP contribution is -2.17. The Hall–Kier alpha value is -2.91. The Morgan fingerprint density at radius 3 is 1.96 bits per heavy atom. The summed E-state index contributed by atoms with van der Waals surface area (Å²) in [7, 11) is 0. The summed E-state index contributed by atoms with van der Waals surface area (Å²) in [6.45, 7) is 2.84. The molecule has 0 atom stereocenters. The normalized spacial score (nSPS) is 11.1. The number of hydrogen-bond donors (Lipinski definition) is 2. The molecule has 3 heteroatoms. The van der Waals surface area contributed by atoms with Gasteiger partial charge in [-0.05, 0) is 30.7 Å². The van der Waals surface area contributed by atoms with E-state index in [4.69, 9.17) is 4.98 Å². The van der Waals surface area contributed by atoms with Crippen molar-refractivity contribution in [1.82, 2.24) is 10.3 Å². The van der Waals surface area contributed by atoms with Gasteiger partial charge in [0, 0.05) is 23.9 Å². The number of nitrogens with zero attached hydrogens (tertiary/aromatic N) is 1. The van der Waals surface area contributed by atoms with Gasteiger partial charge in [0.15, 0.2) is 0 Å². The van der Waals surface area contributed by atoms with E-state index in [1.54, 1.807) is 0 Å². The van der Waals surface area contributed by atoms with Gasteiger partial charge in [0.2, 0.25) is 0 Å². The lowest BCUT2D eigenvalue weighted by Gasteiger charge is -2.13. The Morgan fingerprint density at radius 1 is 0.654 bits per heavy atom. The van der Waals surface area contributed by atoms with Crippen LogP contribution >= 0.6 is 0 Å². The van der Waals surface area contributed by atoms with Crippen LogP contribution < -0.4 is 10.6 Å². The van der Waals surface area contributed by atoms with Crippen molar-refractivity contribution in [2.24, 2.45) is 0 Å². The van der Waals surface area contributed by atoms with E-state index >= 15 is 0 Å². The SMILES string of the molecule is c1ccc(CNCCCNc2c3ccccc3nc3ccccc23)cc1. The highest BCUT2D eigenvalue weighted by molar-refractivity contribution is 6.07. The molecule has 1 heterocycles. The van der Waals surface area contributed by atoms with Crippen LogP contribution in [0.1, 0.15) is 12.0 Å². The standard InChI is InChI=1S/C23H23N3/c1-2-9-18(10-3-1)17-24-15-8-16-25-23-19-11-4-6-13-21(19)26-22-14-7-5-12-20(22)23/h1-7,9-14,24H,8,15-17H2,(H,25,26). The first kappa shape index (κ1) is 16.6. The quantitative estimate of drug-likeness (QED) is 0.368. The molecule has 0 aliphatic heterocycles. The monoisotopic (exact) mass is 341 g/mol. The average molecular weight is 341 g/mol. The summed E-state index contributed by atoms with van der Waals surface area (Å²) in [4.78, 5) is 4.78. The fourth-order valence-corrected chi connectivity index (χ4v) is 3.29. The first-order valence-electron chi connectivity index (χ1n) is 9.18. The van der Waals surface area contributed by atoms with Crippen molar-refractivity contribution >= 4 is 27.5 Å². The number of pyridine rings is 1. The zero-order chi connectivity index (χ0) is 17.6. The summed E-state index contributed by atoms with van der Waals surface area (Å²) < 4.78 is 0. The summed E-state index contributed by atoms with van der Waals surface area (Å²) in [6, 6.07) is 27.2. The number of anilines is 1. The maximum Gasteiger partial charge on any atom is 0.0730 e. The lowest BCUT2D eigenvalue weighted by atomic mass is 10.1. The Morgan fingerprint density at radius 2 is 1.27 bits per heavy atom. The fourth-order valence-electron chi connectivity index (χ4n) is 3.29. The molecular formula is C23H23N3. The van der Waals surface area contributed by atoms with Gasteiger partial charge in [-0.3, -0.25) is 0 Å². The molecule has 0 amide bonds. The minimum Gasteiger partial charge on any atom is -0.384 e. The van der Waals surface area contributed by atoms with Crippen LogP contribution in [0.5, 0.6) is 0 Å². The number of rotatable bonds is 7. The van der Waals surface area contributed by atoms with Crippen LogP contribution in [-0.4, -0.2) is 18.1 Å². The highest BCUT2D eigenvalue weighted by Crippen LogP contribution is 2.30. The molecular weight excluding hydrogens is 318 g/mol. The van der Waals surface area contributed by atoms with E-state index in [0.29, 0.717) is 0 Å². The lowest BCUT2D eigenvalue weighted by molar-refractivity contribution is 0.663. The third-order valence-corrected chi connectivity index (χ3v) is 4.59. The summed E-state index contributed by atoms with van der Waals surface area (Å²) >= 11 is 0. The minimum absolute atomic E-state index is 0.919. The molecule has 1 aromatic heterocycles. The number of fused-ring (bicyclic) bond motifs is 2. The molecule has 2 N–H and O–H groups in total. The van der Waals surface area contributed by atoms with Gasteiger partial charge in [0.1, 0.15) is 0 Å². The average Bonchev–Trinajstić information content (AvgIpc) is 2.70. The molecule has 3 nitrogen and oxygen atoms in total. The predicted octanol–water partition coefficient (Wildman–Crippen LogP) is 4.98. The van der Waals surface area contributed by atoms with E-state index in [1.807, 2.05) is 12.1 Å². The smallest absolute Gasteiger partial charge is 0.0730 e. The van der Waals surface area contributed by atoms with Gasteiger partial charge in [0.05, 0.1) is 16.7 Å². The maximum absolute atomic E-state index is 4.78. The first-order chi connectivity index (χ1) is 12.9. The largest absolute Gasteiger partial charge is 0.384 e. The Balaban J connectivity index is 1.41. The van der Waals surface area contributed by atoms with Crippen LogP contribution in [-0.2, 0) is 6.54 Å². The number of hydrogen-bond acceptors (Lipinski definition) is 3. The van der Waals surface area contributed by atoms with Crippen LogP contribution in [0, 0.1) is 0 Å². The van der Waals surface area contributed by atoms with Crippen molar-refractivity contribution in [3.63, 3.8) is 0 Å². The maximum atomic E-state index is 4.78. The van der Waals surface area contributed by atoms with E-state index in [1.165, 1.54) is 22.0 Å². The molecule has 0 saturated heterocycles. The topological polar surface area (TPSA) is 37.0 Å². The molecule has 26 heavy (non-hydrogen) atoms. The summed E-state index contributed by atoms with van der Waals surface area (Å²) in [5, 5.41) is 9.53. The van der Waals surface area contributed by atoms with E-state index in [0.717, 1.165) is 37.1 Å². The van der Waals surface area contributed by atoms with Crippen LogP contribution in [0.2, 0.25) is 0 Å². The highest BCUT2D eigenvalue weighted by atomic mass is 14.9. The predicted molar refractivity (Wildman–Crippen MR) is 111 cm³/mol. The van der Waals surface area contributed by atoms with E-state index in [-0.39, 0.29) is 0 Å². The van der Waals surface area contributed by atoms with Gasteiger partial charge >= 0.3 is 0 Å². The minimum atomic E-state index is 0.919. The second-order valence-corrected chi connectivity index (χ2v) is 6.46. The molecule has 0 saturated carbocycles. The molecule has 4 aromatic rings. The molecule has 130 valence electrons. The summed E-state index contributed by atoms with van der Waals surface area (Å²) in [6.07, 6.45) is 1.07. The fraction of sp³-hybridized carbons (Fsp3) is 0.174. The van der Waals surface area contributed by atoms with Gasteiger partial charge in [-0.25, -0.2) is 4.98 Å². The van der Waals surface area contributed by atoms with E-state index in [2.05, 4.69) is 77.4 Å². The van der Waals surface area contributed by atoms with Crippen molar-refractivity contribution in [3.05, 3.63) is 84.4 Å². The molecule has 0 spiro atoms. The molecule has 0 bridgehead atoms. The summed E-state index contributed by atoms with van der Waals surface area (Å²) in [5.41, 5.74) is 4.59. The highest BCUT2D eigenvalue weighted by Gasteiger charge is 2.07. The van der Waals surface area contributed by atoms with Crippen LogP contribution in [0.25, 0.3) is 21.8 Å². The van der Waals surface area contributed by atoms with E-state index in [9.17, 15) is 0 Å². The first-order valence-corrected chi connectivity index (χ1v) is 9.18. The van der Waals surface area contributed by atoms with Crippen LogP contribution in [0.15, 0.2) is 78.9 Å². The second kappa shape index (κ2) is 7.98. The van der Waals surface area contributed by atoms with Crippen molar-refractivity contribution in [2.75, 3.05) is 18.4 Å². The zero-order valence-electron chi connectivity index (χ0n) is 14.8. The Kier molecular flexibility index (Phi) is 5.08. The Bertz CT molecular complexity index is 942. The van der Waals surface area contributed by atoms with Gasteiger partial charge in [-0.15, -0.1) is 0 Å². The number of benzene rings is 3. The van der Waals surface area contributed by atoms with Crippen molar-refractivity contribution < 1.29 is 0 Å². The molecule has 0 radical (unpaired) electrons. The molecule has 0 aliphatic carbocycles. The van der Waals surface area contributed by atoms with Gasteiger partial charge in [-0.1, -0.05) is 66.7 Å².